The highest BCUT2D eigenvalue weighted by molar-refractivity contribution is 8.15. The Bertz CT molecular complexity index is 932. The molecule has 1 heterocycles. The van der Waals surface area contributed by atoms with Crippen molar-refractivity contribution in [3.63, 3.8) is 0 Å². The van der Waals surface area contributed by atoms with E-state index in [4.69, 9.17) is 11.6 Å². The molecule has 2 aromatic carbocycles. The molecule has 0 radical (unpaired) electrons. The fourth-order valence-electron chi connectivity index (χ4n) is 2.37. The third-order valence-electron chi connectivity index (χ3n) is 3.68. The molecule has 0 bridgehead atoms. The van der Waals surface area contributed by atoms with Crippen molar-refractivity contribution in [3.8, 4) is 0 Å². The molecule has 1 aliphatic heterocycles. The summed E-state index contributed by atoms with van der Waals surface area (Å²) < 4.78 is 38.3. The van der Waals surface area contributed by atoms with Gasteiger partial charge in [-0.1, -0.05) is 29.4 Å². The maximum absolute atomic E-state index is 12.8. The number of anilines is 1. The van der Waals surface area contributed by atoms with Crippen molar-refractivity contribution in [1.29, 1.82) is 0 Å². The Morgan fingerprint density at radius 3 is 2.61 bits per heavy atom. The molecule has 1 fully saturated rings. The summed E-state index contributed by atoms with van der Waals surface area (Å²) in [4.78, 5) is 28.2. The normalized spacial score (nSPS) is 18.2. The van der Waals surface area contributed by atoms with Crippen LogP contribution >= 0.6 is 23.4 Å². The maximum atomic E-state index is 12.8. The van der Waals surface area contributed by atoms with Crippen molar-refractivity contribution in [2.75, 3.05) is 5.32 Å². The van der Waals surface area contributed by atoms with E-state index in [0.29, 0.717) is 10.7 Å². The highest BCUT2D eigenvalue weighted by atomic mass is 35.5. The molecule has 10 heteroatoms. The van der Waals surface area contributed by atoms with Gasteiger partial charge >= 0.3 is 6.18 Å². The molecular weight excluding hydrogens is 415 g/mol. The number of nitrogens with one attached hydrogen (secondary N) is 2. The Morgan fingerprint density at radius 2 is 1.93 bits per heavy atom. The summed E-state index contributed by atoms with van der Waals surface area (Å²) in [6, 6.07) is 11.0. The number of benzene rings is 2. The van der Waals surface area contributed by atoms with Gasteiger partial charge in [0.2, 0.25) is 11.8 Å². The molecular formula is C18H13ClF3N3O2S. The lowest BCUT2D eigenvalue weighted by Crippen LogP contribution is -2.28. The van der Waals surface area contributed by atoms with E-state index >= 15 is 0 Å². The molecule has 5 nitrogen and oxygen atoms in total. The number of carbonyl (C=O) groups excluding carboxylic acids is 2. The largest absolute Gasteiger partial charge is 0.416 e. The van der Waals surface area contributed by atoms with Gasteiger partial charge in [-0.15, -0.1) is 0 Å². The molecule has 0 spiro atoms. The SMILES string of the molecule is O=C(C[C@H]1SC(=Nc2cccc(C(F)(F)F)c2)NC1=O)Nc1ccc(Cl)cc1. The second kappa shape index (κ2) is 8.24. The van der Waals surface area contributed by atoms with Crippen LogP contribution in [0.3, 0.4) is 0 Å². The number of halogens is 4. The summed E-state index contributed by atoms with van der Waals surface area (Å²) in [6.07, 6.45) is -4.59. The van der Waals surface area contributed by atoms with Crippen LogP contribution in [0.1, 0.15) is 12.0 Å². The van der Waals surface area contributed by atoms with Crippen LogP contribution in [0.15, 0.2) is 53.5 Å². The highest BCUT2D eigenvalue weighted by Gasteiger charge is 2.33. The number of carbonyl (C=O) groups is 2. The van der Waals surface area contributed by atoms with Crippen LogP contribution in [0, 0.1) is 0 Å². The molecule has 2 amide bonds. The topological polar surface area (TPSA) is 70.6 Å². The van der Waals surface area contributed by atoms with E-state index in [0.717, 1.165) is 23.9 Å². The van der Waals surface area contributed by atoms with Crippen LogP contribution in [0.4, 0.5) is 24.5 Å². The maximum Gasteiger partial charge on any atom is 0.416 e. The summed E-state index contributed by atoms with van der Waals surface area (Å²) in [5, 5.41) is 5.08. The molecule has 1 saturated heterocycles. The van der Waals surface area contributed by atoms with Gasteiger partial charge < -0.3 is 10.6 Å². The number of nitrogens with zero attached hydrogens (tertiary/aromatic N) is 1. The van der Waals surface area contributed by atoms with Crippen LogP contribution in [0.2, 0.25) is 5.02 Å². The smallest absolute Gasteiger partial charge is 0.326 e. The molecule has 0 saturated carbocycles. The molecule has 0 aromatic heterocycles. The van der Waals surface area contributed by atoms with Crippen molar-refractivity contribution >= 4 is 51.7 Å². The van der Waals surface area contributed by atoms with Gasteiger partial charge in [0, 0.05) is 17.1 Å². The van der Waals surface area contributed by atoms with Crippen molar-refractivity contribution in [1.82, 2.24) is 5.32 Å². The van der Waals surface area contributed by atoms with E-state index in [1.54, 1.807) is 24.3 Å². The molecule has 1 aliphatic rings. The lowest BCUT2D eigenvalue weighted by Gasteiger charge is -2.07. The van der Waals surface area contributed by atoms with Crippen LogP contribution in [0.25, 0.3) is 0 Å². The first kappa shape index (κ1) is 20.2. The summed E-state index contributed by atoms with van der Waals surface area (Å²) in [6.45, 7) is 0. The minimum atomic E-state index is -4.48. The predicted molar refractivity (Wildman–Crippen MR) is 103 cm³/mol. The van der Waals surface area contributed by atoms with Gasteiger partial charge in [-0.2, -0.15) is 13.2 Å². The Hall–Kier alpha value is -2.52. The molecule has 0 aliphatic carbocycles. The standard InChI is InChI=1S/C18H13ClF3N3O2S/c19-11-4-6-12(7-5-11)23-15(26)9-14-16(27)25-17(28-14)24-13-3-1-2-10(8-13)18(20,21)22/h1-8,14H,9H2,(H,23,26)(H,24,25,27)/t14-/m1/s1. The second-order valence-electron chi connectivity index (χ2n) is 5.82. The van der Waals surface area contributed by atoms with Gasteiger partial charge in [-0.3, -0.25) is 9.59 Å². The second-order valence-corrected chi connectivity index (χ2v) is 7.45. The van der Waals surface area contributed by atoms with Gasteiger partial charge in [0.15, 0.2) is 5.17 Å². The number of amides is 2. The number of hydrogen-bond acceptors (Lipinski definition) is 4. The monoisotopic (exact) mass is 427 g/mol. The van der Waals surface area contributed by atoms with Gasteiger partial charge in [-0.05, 0) is 42.5 Å². The number of thioether (sulfide) groups is 1. The van der Waals surface area contributed by atoms with E-state index in [9.17, 15) is 22.8 Å². The zero-order valence-corrected chi connectivity index (χ0v) is 15.7. The first-order valence-electron chi connectivity index (χ1n) is 7.99. The quantitative estimate of drug-likeness (QED) is 0.748. The van der Waals surface area contributed by atoms with Crippen LogP contribution in [-0.2, 0) is 15.8 Å². The Balaban J connectivity index is 1.64. The minimum absolute atomic E-state index is 0.0592. The van der Waals surface area contributed by atoms with Crippen LogP contribution in [0.5, 0.6) is 0 Å². The lowest BCUT2D eigenvalue weighted by atomic mass is 10.2. The number of hydrogen-bond donors (Lipinski definition) is 2. The Kier molecular flexibility index (Phi) is 5.95. The van der Waals surface area contributed by atoms with Crippen LogP contribution < -0.4 is 10.6 Å². The zero-order chi connectivity index (χ0) is 20.3. The summed E-state index contributed by atoms with van der Waals surface area (Å²) in [5.74, 6) is -0.808. The number of aliphatic imine (C=N–C) groups is 1. The average Bonchev–Trinajstić information content (AvgIpc) is 2.95. The third-order valence-corrected chi connectivity index (χ3v) is 5.01. The van der Waals surface area contributed by atoms with E-state index < -0.39 is 22.9 Å². The summed E-state index contributed by atoms with van der Waals surface area (Å²) in [5.41, 5.74) is -0.234. The fraction of sp³-hybridized carbons (Fsp3) is 0.167. The van der Waals surface area contributed by atoms with Gasteiger partial charge in [0.25, 0.3) is 0 Å². The van der Waals surface area contributed by atoms with E-state index in [-0.39, 0.29) is 23.2 Å². The number of amidine groups is 1. The van der Waals surface area contributed by atoms with Crippen molar-refractivity contribution in [2.45, 2.75) is 17.8 Å². The molecule has 2 N–H and O–H groups in total. The van der Waals surface area contributed by atoms with E-state index in [2.05, 4.69) is 15.6 Å². The van der Waals surface area contributed by atoms with E-state index in [1.807, 2.05) is 0 Å². The first-order valence-corrected chi connectivity index (χ1v) is 9.25. The molecule has 2 aromatic rings. The Morgan fingerprint density at radius 1 is 1.21 bits per heavy atom. The third kappa shape index (κ3) is 5.26. The number of rotatable bonds is 4. The summed E-state index contributed by atoms with van der Waals surface area (Å²) in [7, 11) is 0. The van der Waals surface area contributed by atoms with Crippen LogP contribution in [-0.4, -0.2) is 22.2 Å². The highest BCUT2D eigenvalue weighted by Crippen LogP contribution is 2.32. The van der Waals surface area contributed by atoms with Crippen molar-refractivity contribution in [2.24, 2.45) is 4.99 Å². The molecule has 146 valence electrons. The predicted octanol–water partition coefficient (Wildman–Crippen LogP) is 4.61. The summed E-state index contributed by atoms with van der Waals surface area (Å²) >= 11 is 6.77. The molecule has 0 unspecified atom stereocenters. The molecule has 3 rings (SSSR count). The minimum Gasteiger partial charge on any atom is -0.326 e. The lowest BCUT2D eigenvalue weighted by molar-refractivity contribution is -0.137. The molecule has 28 heavy (non-hydrogen) atoms. The van der Waals surface area contributed by atoms with E-state index in [1.165, 1.54) is 12.1 Å². The average molecular weight is 428 g/mol. The first-order chi connectivity index (χ1) is 13.2. The number of alkyl halides is 3. The zero-order valence-electron chi connectivity index (χ0n) is 14.1. The van der Waals surface area contributed by atoms with Crippen molar-refractivity contribution in [3.05, 3.63) is 59.1 Å². The molecule has 1 atom stereocenters. The fourth-order valence-corrected chi connectivity index (χ4v) is 3.49. The Labute approximate surface area is 167 Å². The van der Waals surface area contributed by atoms with Gasteiger partial charge in [0.1, 0.15) is 5.25 Å². The van der Waals surface area contributed by atoms with Crippen molar-refractivity contribution < 1.29 is 22.8 Å². The van der Waals surface area contributed by atoms with Gasteiger partial charge in [0.05, 0.1) is 11.3 Å². The van der Waals surface area contributed by atoms with Gasteiger partial charge in [-0.25, -0.2) is 4.99 Å².